The van der Waals surface area contributed by atoms with Crippen molar-refractivity contribution in [2.45, 2.75) is 20.3 Å². The van der Waals surface area contributed by atoms with Gasteiger partial charge in [-0.3, -0.25) is 0 Å². The van der Waals surface area contributed by atoms with Crippen LogP contribution in [0.2, 0.25) is 5.28 Å². The van der Waals surface area contributed by atoms with Crippen LogP contribution < -0.4 is 5.32 Å². The van der Waals surface area contributed by atoms with E-state index in [4.69, 9.17) is 16.3 Å². The molecule has 2 aromatic rings. The molecule has 0 aromatic carbocycles. The van der Waals surface area contributed by atoms with Crippen LogP contribution in [0.25, 0.3) is 10.2 Å². The van der Waals surface area contributed by atoms with Crippen molar-refractivity contribution < 1.29 is 9.53 Å². The van der Waals surface area contributed by atoms with Crippen molar-refractivity contribution in [3.8, 4) is 0 Å². The quantitative estimate of drug-likeness (QED) is 0.467. The SMILES string of the molecule is CCOC(=O)c1sc2nc(Cl)nc(NCCCN(C)C)c2c1C. The molecule has 0 saturated carbocycles. The Balaban J connectivity index is 2.31. The van der Waals surface area contributed by atoms with Gasteiger partial charge >= 0.3 is 5.97 Å². The Kier molecular flexibility index (Phi) is 6.15. The summed E-state index contributed by atoms with van der Waals surface area (Å²) in [5.41, 5.74) is 0.829. The lowest BCUT2D eigenvalue weighted by atomic mass is 10.2. The van der Waals surface area contributed by atoms with Crippen molar-refractivity contribution >= 4 is 44.9 Å². The fourth-order valence-electron chi connectivity index (χ4n) is 2.23. The van der Waals surface area contributed by atoms with Gasteiger partial charge in [-0.2, -0.15) is 0 Å². The van der Waals surface area contributed by atoms with Crippen LogP contribution in [0.15, 0.2) is 0 Å². The molecule has 2 aromatic heterocycles. The number of fused-ring (bicyclic) bond motifs is 1. The van der Waals surface area contributed by atoms with Crippen LogP contribution in [0.4, 0.5) is 5.82 Å². The zero-order valence-electron chi connectivity index (χ0n) is 13.8. The summed E-state index contributed by atoms with van der Waals surface area (Å²) in [4.78, 5) is 23.9. The molecular formula is C15H21ClN4O2S. The topological polar surface area (TPSA) is 67.3 Å². The second-order valence-corrected chi connectivity index (χ2v) is 6.72. The Morgan fingerprint density at radius 2 is 2.13 bits per heavy atom. The third-order valence-corrected chi connectivity index (χ3v) is 4.63. The first-order valence-corrected chi connectivity index (χ1v) is 8.65. The second kappa shape index (κ2) is 7.90. The van der Waals surface area contributed by atoms with Crippen LogP contribution >= 0.6 is 22.9 Å². The third kappa shape index (κ3) is 4.31. The minimum Gasteiger partial charge on any atom is -0.462 e. The third-order valence-electron chi connectivity index (χ3n) is 3.30. The average Bonchev–Trinajstić information content (AvgIpc) is 2.80. The van der Waals surface area contributed by atoms with Crippen molar-refractivity contribution in [3.05, 3.63) is 15.7 Å². The maximum absolute atomic E-state index is 12.0. The van der Waals surface area contributed by atoms with Gasteiger partial charge in [-0.15, -0.1) is 11.3 Å². The second-order valence-electron chi connectivity index (χ2n) is 5.38. The number of thiophene rings is 1. The van der Waals surface area contributed by atoms with E-state index in [-0.39, 0.29) is 11.3 Å². The van der Waals surface area contributed by atoms with Gasteiger partial charge in [0.1, 0.15) is 15.5 Å². The average molecular weight is 357 g/mol. The van der Waals surface area contributed by atoms with Gasteiger partial charge in [0.25, 0.3) is 0 Å². The van der Waals surface area contributed by atoms with Gasteiger partial charge in [-0.1, -0.05) is 0 Å². The van der Waals surface area contributed by atoms with E-state index in [0.29, 0.717) is 22.1 Å². The number of aryl methyl sites for hydroxylation is 1. The molecule has 0 unspecified atom stereocenters. The Hall–Kier alpha value is -1.44. The fourth-order valence-corrected chi connectivity index (χ4v) is 3.53. The summed E-state index contributed by atoms with van der Waals surface area (Å²) in [6.45, 7) is 5.76. The van der Waals surface area contributed by atoms with Crippen molar-refractivity contribution in [2.24, 2.45) is 0 Å². The first kappa shape index (κ1) is 17.9. The summed E-state index contributed by atoms with van der Waals surface area (Å²) in [6.07, 6.45) is 0.976. The molecule has 126 valence electrons. The molecule has 23 heavy (non-hydrogen) atoms. The van der Waals surface area contributed by atoms with E-state index in [1.807, 2.05) is 21.0 Å². The minimum atomic E-state index is -0.331. The zero-order chi connectivity index (χ0) is 17.0. The van der Waals surface area contributed by atoms with Crippen LogP contribution in [0.5, 0.6) is 0 Å². The molecule has 0 fully saturated rings. The van der Waals surface area contributed by atoms with Gasteiger partial charge in [-0.05, 0) is 58.1 Å². The molecule has 0 saturated heterocycles. The Labute approximate surface area is 144 Å². The maximum Gasteiger partial charge on any atom is 0.348 e. The van der Waals surface area contributed by atoms with Crippen LogP contribution in [0.3, 0.4) is 0 Å². The number of esters is 1. The van der Waals surface area contributed by atoms with E-state index in [1.165, 1.54) is 11.3 Å². The van der Waals surface area contributed by atoms with Crippen molar-refractivity contribution in [3.63, 3.8) is 0 Å². The molecule has 6 nitrogen and oxygen atoms in total. The molecule has 2 heterocycles. The largest absolute Gasteiger partial charge is 0.462 e. The number of halogens is 1. The Bertz CT molecular complexity index is 702. The summed E-state index contributed by atoms with van der Waals surface area (Å²) < 4.78 is 5.10. The molecule has 0 aliphatic rings. The number of ether oxygens (including phenoxy) is 1. The number of anilines is 1. The van der Waals surface area contributed by atoms with Gasteiger partial charge in [-0.25, -0.2) is 14.8 Å². The Morgan fingerprint density at radius 1 is 1.39 bits per heavy atom. The predicted octanol–water partition coefficient (Wildman–Crippen LogP) is 3.19. The number of carbonyl (C=O) groups is 1. The first-order valence-electron chi connectivity index (χ1n) is 7.46. The zero-order valence-corrected chi connectivity index (χ0v) is 15.3. The van der Waals surface area contributed by atoms with E-state index in [0.717, 1.165) is 30.5 Å². The van der Waals surface area contributed by atoms with Crippen LogP contribution in [0.1, 0.15) is 28.6 Å². The van der Waals surface area contributed by atoms with Gasteiger partial charge in [0.05, 0.1) is 12.0 Å². The number of nitrogens with one attached hydrogen (secondary N) is 1. The van der Waals surface area contributed by atoms with Gasteiger partial charge in [0, 0.05) is 6.54 Å². The maximum atomic E-state index is 12.0. The smallest absolute Gasteiger partial charge is 0.348 e. The van der Waals surface area contributed by atoms with E-state index in [9.17, 15) is 4.79 Å². The molecule has 0 atom stereocenters. The highest BCUT2D eigenvalue weighted by molar-refractivity contribution is 7.20. The molecule has 1 N–H and O–H groups in total. The highest BCUT2D eigenvalue weighted by atomic mass is 35.5. The number of hydrogen-bond acceptors (Lipinski definition) is 7. The number of aromatic nitrogens is 2. The molecule has 0 spiro atoms. The summed E-state index contributed by atoms with van der Waals surface area (Å²) in [6, 6.07) is 0. The summed E-state index contributed by atoms with van der Waals surface area (Å²) in [5, 5.41) is 4.31. The highest BCUT2D eigenvalue weighted by Crippen LogP contribution is 2.35. The lowest BCUT2D eigenvalue weighted by molar-refractivity contribution is 0.0531. The van der Waals surface area contributed by atoms with E-state index >= 15 is 0 Å². The summed E-state index contributed by atoms with van der Waals surface area (Å²) >= 11 is 7.30. The lowest BCUT2D eigenvalue weighted by Gasteiger charge is -2.11. The van der Waals surface area contributed by atoms with E-state index in [1.54, 1.807) is 6.92 Å². The van der Waals surface area contributed by atoms with Gasteiger partial charge in [0.15, 0.2) is 0 Å². The number of rotatable bonds is 7. The molecule has 0 amide bonds. The van der Waals surface area contributed by atoms with Crippen molar-refractivity contribution in [2.75, 3.05) is 39.1 Å². The van der Waals surface area contributed by atoms with E-state index < -0.39 is 0 Å². The van der Waals surface area contributed by atoms with Gasteiger partial charge < -0.3 is 15.0 Å². The Morgan fingerprint density at radius 3 is 2.78 bits per heavy atom. The monoisotopic (exact) mass is 356 g/mol. The minimum absolute atomic E-state index is 0.171. The van der Waals surface area contributed by atoms with E-state index in [2.05, 4.69) is 20.2 Å². The van der Waals surface area contributed by atoms with Crippen LogP contribution in [-0.4, -0.2) is 54.6 Å². The number of nitrogens with zero attached hydrogens (tertiary/aromatic N) is 3. The van der Waals surface area contributed by atoms with Crippen LogP contribution in [0, 0.1) is 6.92 Å². The summed E-state index contributed by atoms with van der Waals surface area (Å²) in [5.74, 6) is 0.339. The predicted molar refractivity (Wildman–Crippen MR) is 94.8 cm³/mol. The first-order chi connectivity index (χ1) is 10.9. The molecule has 0 bridgehead atoms. The van der Waals surface area contributed by atoms with Crippen molar-refractivity contribution in [1.82, 2.24) is 14.9 Å². The normalized spacial score (nSPS) is 11.2. The highest BCUT2D eigenvalue weighted by Gasteiger charge is 2.21. The molecule has 2 rings (SSSR count). The molecule has 0 aliphatic carbocycles. The van der Waals surface area contributed by atoms with Gasteiger partial charge in [0.2, 0.25) is 5.28 Å². The molecule has 0 aliphatic heterocycles. The number of hydrogen-bond donors (Lipinski definition) is 1. The molecule has 0 radical (unpaired) electrons. The fraction of sp³-hybridized carbons (Fsp3) is 0.533. The van der Waals surface area contributed by atoms with Crippen LogP contribution in [-0.2, 0) is 4.74 Å². The summed E-state index contributed by atoms with van der Waals surface area (Å²) in [7, 11) is 4.07. The van der Waals surface area contributed by atoms with Crippen molar-refractivity contribution in [1.29, 1.82) is 0 Å². The lowest BCUT2D eigenvalue weighted by Crippen LogP contribution is -2.16. The molecule has 8 heteroatoms. The number of carbonyl (C=O) groups excluding carboxylic acids is 1. The molecular weight excluding hydrogens is 336 g/mol. The standard InChI is InChI=1S/C15H21ClN4O2S/c1-5-22-14(21)11-9(2)10-12(17-7-6-8-20(3)4)18-15(16)19-13(10)23-11/h5-8H2,1-4H3,(H,17,18,19).